The molecule has 2 amide bonds. The van der Waals surface area contributed by atoms with Gasteiger partial charge in [-0.05, 0) is 11.5 Å². The van der Waals surface area contributed by atoms with E-state index in [2.05, 4.69) is 0 Å². The third-order valence-electron chi connectivity index (χ3n) is 2.74. The van der Waals surface area contributed by atoms with Gasteiger partial charge in [0.2, 0.25) is 0 Å². The predicted molar refractivity (Wildman–Crippen MR) is 78.2 cm³/mol. The van der Waals surface area contributed by atoms with Gasteiger partial charge in [0.15, 0.2) is 4.84 Å². The number of carbonyl (C=O) groups excluding carboxylic acids is 2. The van der Waals surface area contributed by atoms with Crippen LogP contribution in [0.2, 0.25) is 0 Å². The average molecular weight is 312 g/mol. The molecule has 2 aromatic rings. The van der Waals surface area contributed by atoms with Gasteiger partial charge in [0.1, 0.15) is 5.75 Å². The Hall–Kier alpha value is -1.78. The molecule has 0 saturated carbocycles. The van der Waals surface area contributed by atoms with Gasteiger partial charge in [-0.1, -0.05) is 59.6 Å². The van der Waals surface area contributed by atoms with Crippen LogP contribution in [0, 0.1) is 0 Å². The van der Waals surface area contributed by atoms with Gasteiger partial charge < -0.3 is 4.74 Å². The topological polar surface area (TPSA) is 46.6 Å². The number of benzene rings is 2. The highest BCUT2D eigenvalue weighted by Gasteiger charge is 2.24. The highest BCUT2D eigenvalue weighted by Crippen LogP contribution is 2.25. The summed E-state index contributed by atoms with van der Waals surface area (Å²) in [5, 5.41) is 1.71. The Morgan fingerprint density at radius 2 is 1.75 bits per heavy atom. The maximum atomic E-state index is 11.9. The minimum absolute atomic E-state index is 0.369. The van der Waals surface area contributed by atoms with E-state index in [-0.39, 0.29) is 0 Å². The highest BCUT2D eigenvalue weighted by atomic mass is 35.5. The van der Waals surface area contributed by atoms with Crippen molar-refractivity contribution in [2.45, 2.75) is 4.84 Å². The van der Waals surface area contributed by atoms with E-state index >= 15 is 0 Å². The van der Waals surface area contributed by atoms with Gasteiger partial charge in [-0.2, -0.15) is 0 Å². The molecule has 0 aliphatic rings. The van der Waals surface area contributed by atoms with E-state index in [0.717, 1.165) is 15.7 Å². The van der Waals surface area contributed by atoms with E-state index in [1.54, 1.807) is 12.1 Å². The van der Waals surface area contributed by atoms with Crippen LogP contribution in [-0.2, 0) is 4.79 Å². The maximum Gasteiger partial charge on any atom is 0.421 e. The van der Waals surface area contributed by atoms with Crippen LogP contribution < -0.4 is 4.74 Å². The molecule has 0 aromatic heterocycles. The van der Waals surface area contributed by atoms with Crippen molar-refractivity contribution >= 4 is 46.0 Å². The molecular formula is C14H11Cl2NO3. The minimum atomic E-state index is -1.31. The number of amides is 2. The van der Waals surface area contributed by atoms with E-state index in [1.807, 2.05) is 30.3 Å². The van der Waals surface area contributed by atoms with Crippen LogP contribution in [0.4, 0.5) is 4.79 Å². The molecule has 2 aromatic carbocycles. The summed E-state index contributed by atoms with van der Waals surface area (Å²) in [6, 6.07) is 12.8. The van der Waals surface area contributed by atoms with Crippen LogP contribution in [0.3, 0.4) is 0 Å². The average Bonchev–Trinajstić information content (AvgIpc) is 2.46. The summed E-state index contributed by atoms with van der Waals surface area (Å²) >= 11 is 10.9. The molecule has 0 saturated heterocycles. The number of fused-ring (bicyclic) bond motifs is 1. The standard InChI is InChI=1S/C14H11Cl2NO3/c1-17(13(18)12(15)16)14(19)20-11-8-4-6-9-5-2-3-7-10(9)11/h2-8,12H,1H3. The molecule has 0 bridgehead atoms. The van der Waals surface area contributed by atoms with Gasteiger partial charge in [-0.15, -0.1) is 0 Å². The van der Waals surface area contributed by atoms with Gasteiger partial charge in [-0.25, -0.2) is 9.69 Å². The quantitative estimate of drug-likeness (QED) is 0.796. The maximum absolute atomic E-state index is 11.9. The molecule has 6 heteroatoms. The van der Waals surface area contributed by atoms with Gasteiger partial charge in [0, 0.05) is 12.4 Å². The van der Waals surface area contributed by atoms with Gasteiger partial charge in [0.25, 0.3) is 5.91 Å². The lowest BCUT2D eigenvalue weighted by molar-refractivity contribution is -0.126. The molecule has 0 unspecified atom stereocenters. The molecule has 0 radical (unpaired) electrons. The van der Waals surface area contributed by atoms with Crippen molar-refractivity contribution in [1.82, 2.24) is 4.90 Å². The Bertz CT molecular complexity index is 652. The molecule has 0 N–H and O–H groups in total. The van der Waals surface area contributed by atoms with Crippen molar-refractivity contribution in [3.8, 4) is 5.75 Å². The van der Waals surface area contributed by atoms with Crippen molar-refractivity contribution in [2.75, 3.05) is 7.05 Å². The van der Waals surface area contributed by atoms with Gasteiger partial charge >= 0.3 is 6.09 Å². The smallest absolute Gasteiger partial charge is 0.409 e. The molecule has 0 atom stereocenters. The third-order valence-corrected chi connectivity index (χ3v) is 3.11. The lowest BCUT2D eigenvalue weighted by Gasteiger charge is -2.16. The Labute approximate surface area is 125 Å². The summed E-state index contributed by atoms with van der Waals surface area (Å²) in [5.74, 6) is -0.369. The van der Waals surface area contributed by atoms with Crippen LogP contribution in [-0.4, -0.2) is 28.8 Å². The normalized spacial score (nSPS) is 10.6. The number of rotatable bonds is 2. The number of nitrogens with zero attached hydrogens (tertiary/aromatic N) is 1. The largest absolute Gasteiger partial charge is 0.421 e. The molecule has 0 aliphatic heterocycles. The Morgan fingerprint density at radius 1 is 1.10 bits per heavy atom. The van der Waals surface area contributed by atoms with Crippen LogP contribution >= 0.6 is 23.2 Å². The van der Waals surface area contributed by atoms with Crippen molar-refractivity contribution in [2.24, 2.45) is 0 Å². The number of hydrogen-bond donors (Lipinski definition) is 0. The second-order valence-corrected chi connectivity index (χ2v) is 5.14. The van der Waals surface area contributed by atoms with Crippen LogP contribution in [0.1, 0.15) is 0 Å². The van der Waals surface area contributed by atoms with Crippen LogP contribution in [0.5, 0.6) is 5.75 Å². The van der Waals surface area contributed by atoms with Crippen molar-refractivity contribution in [3.05, 3.63) is 42.5 Å². The SMILES string of the molecule is CN(C(=O)Oc1cccc2ccccc12)C(=O)C(Cl)Cl. The highest BCUT2D eigenvalue weighted by molar-refractivity contribution is 6.53. The molecule has 2 rings (SSSR count). The van der Waals surface area contributed by atoms with Crippen LogP contribution in [0.25, 0.3) is 10.8 Å². The van der Waals surface area contributed by atoms with Crippen molar-refractivity contribution < 1.29 is 14.3 Å². The molecule has 0 heterocycles. The first-order chi connectivity index (χ1) is 9.50. The molecule has 0 aliphatic carbocycles. The lowest BCUT2D eigenvalue weighted by Crippen LogP contribution is -2.38. The van der Waals surface area contributed by atoms with E-state index in [9.17, 15) is 9.59 Å². The number of imide groups is 1. The van der Waals surface area contributed by atoms with Gasteiger partial charge in [-0.3, -0.25) is 4.79 Å². The summed E-state index contributed by atoms with van der Waals surface area (Å²) in [5.41, 5.74) is 0. The Morgan fingerprint density at radius 3 is 2.45 bits per heavy atom. The first-order valence-electron chi connectivity index (χ1n) is 5.76. The summed E-state index contributed by atoms with van der Waals surface area (Å²) in [6.07, 6.45) is -0.836. The molecule has 0 fully saturated rings. The summed E-state index contributed by atoms with van der Waals surface area (Å²) in [4.78, 5) is 22.8. The molecule has 104 valence electrons. The van der Waals surface area contributed by atoms with E-state index in [1.165, 1.54) is 7.05 Å². The van der Waals surface area contributed by atoms with Crippen LogP contribution in [0.15, 0.2) is 42.5 Å². The fourth-order valence-electron chi connectivity index (χ4n) is 1.68. The fraction of sp³-hybridized carbons (Fsp3) is 0.143. The van der Waals surface area contributed by atoms with E-state index in [0.29, 0.717) is 5.75 Å². The third kappa shape index (κ3) is 3.03. The van der Waals surface area contributed by atoms with E-state index < -0.39 is 16.8 Å². The summed E-state index contributed by atoms with van der Waals surface area (Å²) in [7, 11) is 1.26. The Kier molecular flexibility index (Phi) is 4.47. The first-order valence-corrected chi connectivity index (χ1v) is 6.63. The Balaban J connectivity index is 2.24. The number of hydrogen-bond acceptors (Lipinski definition) is 3. The van der Waals surface area contributed by atoms with Crippen molar-refractivity contribution in [3.63, 3.8) is 0 Å². The number of carbonyl (C=O) groups is 2. The molecule has 0 spiro atoms. The second-order valence-electron chi connectivity index (χ2n) is 4.04. The van der Waals surface area contributed by atoms with E-state index in [4.69, 9.17) is 27.9 Å². The number of halogens is 2. The van der Waals surface area contributed by atoms with Crippen molar-refractivity contribution in [1.29, 1.82) is 0 Å². The molecular weight excluding hydrogens is 301 g/mol. The molecule has 20 heavy (non-hydrogen) atoms. The zero-order chi connectivity index (χ0) is 14.7. The predicted octanol–water partition coefficient (Wildman–Crippen LogP) is 3.60. The lowest BCUT2D eigenvalue weighted by atomic mass is 10.1. The monoisotopic (exact) mass is 311 g/mol. The zero-order valence-corrected chi connectivity index (χ0v) is 12.1. The molecule has 4 nitrogen and oxygen atoms in total. The first kappa shape index (κ1) is 14.6. The number of ether oxygens (including phenoxy) is 1. The summed E-state index contributed by atoms with van der Waals surface area (Å²) < 4.78 is 5.21. The minimum Gasteiger partial charge on any atom is -0.409 e. The second kappa shape index (κ2) is 6.11. The van der Waals surface area contributed by atoms with Gasteiger partial charge in [0.05, 0.1) is 0 Å². The fourth-order valence-corrected chi connectivity index (χ4v) is 1.98. The number of alkyl halides is 2. The zero-order valence-electron chi connectivity index (χ0n) is 10.5. The summed E-state index contributed by atoms with van der Waals surface area (Å²) in [6.45, 7) is 0.